The number of carbonyl (C=O) groups is 1. The van der Waals surface area contributed by atoms with Gasteiger partial charge in [0.15, 0.2) is 5.11 Å². The van der Waals surface area contributed by atoms with E-state index in [0.29, 0.717) is 23.0 Å². The van der Waals surface area contributed by atoms with Crippen molar-refractivity contribution in [2.24, 2.45) is 0 Å². The molecular formula is C19H22N4O4S2. The summed E-state index contributed by atoms with van der Waals surface area (Å²) in [4.78, 5) is 28.1. The SMILES string of the molecule is CCOC(=O)c1c(NC(=S)Nc2ccc([N+](=O)[O-])cn2)sc2c1CCCCCC2. The Kier molecular flexibility index (Phi) is 7.10. The highest BCUT2D eigenvalue weighted by molar-refractivity contribution is 7.80. The minimum absolute atomic E-state index is 0.0999. The number of thiophene rings is 1. The second-order valence-electron chi connectivity index (χ2n) is 6.58. The number of fused-ring (bicyclic) bond motifs is 1. The number of rotatable bonds is 5. The first-order valence-corrected chi connectivity index (χ1v) is 10.7. The fraction of sp³-hybridized carbons (Fsp3) is 0.421. The lowest BCUT2D eigenvalue weighted by Gasteiger charge is -2.12. The van der Waals surface area contributed by atoms with E-state index in [2.05, 4.69) is 15.6 Å². The summed E-state index contributed by atoms with van der Waals surface area (Å²) in [6.07, 6.45) is 7.46. The van der Waals surface area contributed by atoms with Gasteiger partial charge in [0.1, 0.15) is 17.0 Å². The Balaban J connectivity index is 1.81. The van der Waals surface area contributed by atoms with Crippen LogP contribution in [0.15, 0.2) is 18.3 Å². The van der Waals surface area contributed by atoms with Gasteiger partial charge in [-0.15, -0.1) is 11.3 Å². The smallest absolute Gasteiger partial charge is 0.341 e. The van der Waals surface area contributed by atoms with Crippen molar-refractivity contribution in [3.8, 4) is 0 Å². The average Bonchev–Trinajstić information content (AvgIpc) is 2.98. The summed E-state index contributed by atoms with van der Waals surface area (Å²) in [7, 11) is 0. The molecule has 1 aliphatic carbocycles. The number of aryl methyl sites for hydroxylation is 1. The van der Waals surface area contributed by atoms with Crippen LogP contribution in [-0.4, -0.2) is 27.6 Å². The van der Waals surface area contributed by atoms with Crippen LogP contribution in [-0.2, 0) is 17.6 Å². The predicted molar refractivity (Wildman–Crippen MR) is 117 cm³/mol. The Morgan fingerprint density at radius 3 is 2.69 bits per heavy atom. The maximum atomic E-state index is 12.6. The molecule has 2 aromatic heterocycles. The number of ether oxygens (including phenoxy) is 1. The Hall–Kier alpha value is -2.59. The molecule has 10 heteroatoms. The Morgan fingerprint density at radius 2 is 2.03 bits per heavy atom. The van der Waals surface area contributed by atoms with Crippen LogP contribution in [0.4, 0.5) is 16.5 Å². The second kappa shape index (κ2) is 9.75. The summed E-state index contributed by atoms with van der Waals surface area (Å²) in [6.45, 7) is 2.09. The van der Waals surface area contributed by atoms with E-state index < -0.39 is 4.92 Å². The minimum atomic E-state index is -0.514. The Bertz CT molecular complexity index is 912. The molecule has 2 N–H and O–H groups in total. The first-order valence-electron chi connectivity index (χ1n) is 9.49. The fourth-order valence-electron chi connectivity index (χ4n) is 3.25. The van der Waals surface area contributed by atoms with Crippen LogP contribution in [0.3, 0.4) is 0 Å². The zero-order valence-electron chi connectivity index (χ0n) is 16.0. The normalized spacial score (nSPS) is 13.6. The number of nitrogens with one attached hydrogen (secondary N) is 2. The molecule has 0 fully saturated rings. The summed E-state index contributed by atoms with van der Waals surface area (Å²) < 4.78 is 5.29. The van der Waals surface area contributed by atoms with Crippen molar-refractivity contribution in [1.82, 2.24) is 4.98 Å². The standard InChI is InChI=1S/C19H22N4O4S2/c1-2-27-18(24)16-13-7-5-3-4-6-8-14(13)29-17(16)22-19(28)21-15-10-9-12(11-20-15)23(25)26/h9-11H,2-8H2,1H3,(H2,20,21,22,28). The highest BCUT2D eigenvalue weighted by atomic mass is 32.1. The van der Waals surface area contributed by atoms with Gasteiger partial charge in [-0.05, 0) is 56.5 Å². The summed E-state index contributed by atoms with van der Waals surface area (Å²) >= 11 is 6.90. The van der Waals surface area contributed by atoms with Gasteiger partial charge in [-0.1, -0.05) is 12.8 Å². The fourth-order valence-corrected chi connectivity index (χ4v) is 4.80. The van der Waals surface area contributed by atoms with E-state index in [1.54, 1.807) is 6.92 Å². The second-order valence-corrected chi connectivity index (χ2v) is 8.09. The van der Waals surface area contributed by atoms with E-state index in [1.807, 2.05) is 0 Å². The third kappa shape index (κ3) is 5.27. The third-order valence-electron chi connectivity index (χ3n) is 4.58. The molecule has 2 heterocycles. The number of hydrogen-bond acceptors (Lipinski definition) is 7. The number of nitro groups is 1. The number of nitrogens with zero attached hydrogens (tertiary/aromatic N) is 2. The number of pyridine rings is 1. The lowest BCUT2D eigenvalue weighted by Crippen LogP contribution is -2.21. The maximum Gasteiger partial charge on any atom is 0.341 e. The lowest BCUT2D eigenvalue weighted by atomic mass is 9.96. The predicted octanol–water partition coefficient (Wildman–Crippen LogP) is 4.70. The van der Waals surface area contributed by atoms with Gasteiger partial charge in [-0.2, -0.15) is 0 Å². The molecule has 0 bridgehead atoms. The molecule has 2 aromatic rings. The van der Waals surface area contributed by atoms with E-state index in [-0.39, 0.29) is 16.8 Å². The number of carbonyl (C=O) groups excluding carboxylic acids is 1. The first kappa shape index (κ1) is 21.1. The lowest BCUT2D eigenvalue weighted by molar-refractivity contribution is -0.385. The molecule has 0 spiro atoms. The summed E-state index contributed by atoms with van der Waals surface area (Å²) in [5, 5.41) is 17.7. The van der Waals surface area contributed by atoms with E-state index in [0.717, 1.165) is 43.9 Å². The van der Waals surface area contributed by atoms with E-state index in [9.17, 15) is 14.9 Å². The highest BCUT2D eigenvalue weighted by Crippen LogP contribution is 2.37. The summed E-state index contributed by atoms with van der Waals surface area (Å²) in [5.74, 6) is 0.0324. The topological polar surface area (TPSA) is 106 Å². The zero-order chi connectivity index (χ0) is 20.8. The van der Waals surface area contributed by atoms with Gasteiger partial charge < -0.3 is 15.4 Å². The summed E-state index contributed by atoms with van der Waals surface area (Å²) in [5.41, 5.74) is 1.53. The average molecular weight is 435 g/mol. The Morgan fingerprint density at radius 1 is 1.28 bits per heavy atom. The molecule has 0 radical (unpaired) electrons. The zero-order valence-corrected chi connectivity index (χ0v) is 17.7. The van der Waals surface area contributed by atoms with Gasteiger partial charge in [-0.3, -0.25) is 10.1 Å². The third-order valence-corrected chi connectivity index (χ3v) is 5.99. The van der Waals surface area contributed by atoms with Crippen molar-refractivity contribution in [2.45, 2.75) is 45.4 Å². The van der Waals surface area contributed by atoms with Gasteiger partial charge in [0.25, 0.3) is 5.69 Å². The van der Waals surface area contributed by atoms with Crippen LogP contribution < -0.4 is 10.6 Å². The van der Waals surface area contributed by atoms with Crippen molar-refractivity contribution in [3.05, 3.63) is 44.4 Å². The maximum absolute atomic E-state index is 12.6. The van der Waals surface area contributed by atoms with Crippen molar-refractivity contribution in [3.63, 3.8) is 0 Å². The molecule has 8 nitrogen and oxygen atoms in total. The Labute approximate surface area is 177 Å². The van der Waals surface area contributed by atoms with Crippen LogP contribution in [0, 0.1) is 10.1 Å². The number of anilines is 2. The molecule has 3 rings (SSSR count). The van der Waals surface area contributed by atoms with Crippen molar-refractivity contribution < 1.29 is 14.5 Å². The van der Waals surface area contributed by atoms with Crippen molar-refractivity contribution in [2.75, 3.05) is 17.2 Å². The molecule has 0 saturated carbocycles. The van der Waals surface area contributed by atoms with Crippen LogP contribution in [0.1, 0.15) is 53.4 Å². The summed E-state index contributed by atoms with van der Waals surface area (Å²) in [6, 6.07) is 2.82. The van der Waals surface area contributed by atoms with Crippen LogP contribution in [0.25, 0.3) is 0 Å². The van der Waals surface area contributed by atoms with Gasteiger partial charge >= 0.3 is 5.97 Å². The number of hydrogen-bond donors (Lipinski definition) is 2. The van der Waals surface area contributed by atoms with Gasteiger partial charge in [-0.25, -0.2) is 9.78 Å². The minimum Gasteiger partial charge on any atom is -0.462 e. The quantitative estimate of drug-likeness (QED) is 0.302. The number of aromatic nitrogens is 1. The van der Waals surface area contributed by atoms with E-state index in [4.69, 9.17) is 17.0 Å². The highest BCUT2D eigenvalue weighted by Gasteiger charge is 2.25. The molecule has 0 saturated heterocycles. The molecule has 0 atom stereocenters. The molecular weight excluding hydrogens is 412 g/mol. The van der Waals surface area contributed by atoms with E-state index in [1.165, 1.54) is 34.8 Å². The molecule has 1 aliphatic rings. The molecule has 0 amide bonds. The number of esters is 1. The van der Waals surface area contributed by atoms with Crippen LogP contribution in [0.2, 0.25) is 0 Å². The van der Waals surface area contributed by atoms with Gasteiger partial charge in [0.05, 0.1) is 17.1 Å². The largest absolute Gasteiger partial charge is 0.462 e. The van der Waals surface area contributed by atoms with Crippen LogP contribution in [0.5, 0.6) is 0 Å². The molecule has 154 valence electrons. The van der Waals surface area contributed by atoms with E-state index >= 15 is 0 Å². The van der Waals surface area contributed by atoms with Gasteiger partial charge in [0.2, 0.25) is 0 Å². The van der Waals surface area contributed by atoms with Crippen molar-refractivity contribution in [1.29, 1.82) is 0 Å². The van der Waals surface area contributed by atoms with Crippen molar-refractivity contribution >= 4 is 51.1 Å². The monoisotopic (exact) mass is 434 g/mol. The molecule has 29 heavy (non-hydrogen) atoms. The molecule has 0 aliphatic heterocycles. The molecule has 0 aromatic carbocycles. The van der Waals surface area contributed by atoms with Crippen LogP contribution >= 0.6 is 23.6 Å². The first-order chi connectivity index (χ1) is 14.0. The number of thiocarbonyl (C=S) groups is 1. The van der Waals surface area contributed by atoms with Gasteiger partial charge in [0, 0.05) is 10.9 Å². The molecule has 0 unspecified atom stereocenters.